The number of carbonyl (C=O) groups excluding carboxylic acids is 1. The Morgan fingerprint density at radius 3 is 2.19 bits per heavy atom. The fraction of sp³-hybridized carbons (Fsp3) is 0.316. The number of carbonyl (C=O) groups is 1. The lowest BCUT2D eigenvalue weighted by Crippen LogP contribution is -2.24. The topological polar surface area (TPSA) is 20.3 Å². The van der Waals surface area contributed by atoms with Gasteiger partial charge in [0.05, 0.1) is 0 Å². The van der Waals surface area contributed by atoms with Crippen LogP contribution in [0.1, 0.15) is 35.7 Å². The minimum atomic E-state index is 0.242. The molecule has 0 saturated carbocycles. The molecule has 2 heteroatoms. The van der Waals surface area contributed by atoms with Crippen molar-refractivity contribution < 1.29 is 4.79 Å². The second-order valence-electron chi connectivity index (χ2n) is 5.25. The van der Waals surface area contributed by atoms with Crippen LogP contribution in [-0.2, 0) is 6.54 Å². The molecule has 0 amide bonds. The molecule has 0 aromatic heterocycles. The Kier molecular flexibility index (Phi) is 6.17. The predicted octanol–water partition coefficient (Wildman–Crippen LogP) is 4.17. The van der Waals surface area contributed by atoms with Crippen LogP contribution >= 0.6 is 0 Å². The molecule has 0 aliphatic carbocycles. The molecule has 21 heavy (non-hydrogen) atoms. The van der Waals surface area contributed by atoms with E-state index in [2.05, 4.69) is 36.1 Å². The molecule has 0 aliphatic rings. The Morgan fingerprint density at radius 1 is 0.952 bits per heavy atom. The van der Waals surface area contributed by atoms with Crippen LogP contribution in [0.4, 0.5) is 0 Å². The molecule has 110 valence electrons. The number of hydrogen-bond acceptors (Lipinski definition) is 2. The maximum atomic E-state index is 12.1. The van der Waals surface area contributed by atoms with E-state index in [0.29, 0.717) is 6.42 Å². The van der Waals surface area contributed by atoms with Crippen LogP contribution in [-0.4, -0.2) is 23.8 Å². The van der Waals surface area contributed by atoms with Crippen molar-refractivity contribution in [2.24, 2.45) is 0 Å². The number of Topliss-reactive ketones (excluding diaryl/α,β-unsaturated/α-hetero) is 1. The van der Waals surface area contributed by atoms with Crippen LogP contribution < -0.4 is 0 Å². The van der Waals surface area contributed by atoms with E-state index >= 15 is 0 Å². The molecule has 0 radical (unpaired) electrons. The van der Waals surface area contributed by atoms with Gasteiger partial charge in [-0.15, -0.1) is 0 Å². The van der Waals surface area contributed by atoms with E-state index in [0.717, 1.165) is 31.6 Å². The van der Waals surface area contributed by atoms with E-state index in [-0.39, 0.29) is 5.78 Å². The lowest BCUT2D eigenvalue weighted by atomic mass is 10.1. The maximum absolute atomic E-state index is 12.1. The molecule has 2 aromatic carbocycles. The molecule has 0 saturated heterocycles. The van der Waals surface area contributed by atoms with Gasteiger partial charge in [-0.2, -0.15) is 0 Å². The first-order valence-corrected chi connectivity index (χ1v) is 7.64. The summed E-state index contributed by atoms with van der Waals surface area (Å²) >= 11 is 0. The summed E-state index contributed by atoms with van der Waals surface area (Å²) in [7, 11) is 0. The van der Waals surface area contributed by atoms with Crippen molar-refractivity contribution in [3.63, 3.8) is 0 Å². The average molecular weight is 281 g/mol. The van der Waals surface area contributed by atoms with Crippen LogP contribution in [0.3, 0.4) is 0 Å². The van der Waals surface area contributed by atoms with Crippen molar-refractivity contribution in [1.29, 1.82) is 0 Å². The van der Waals surface area contributed by atoms with Gasteiger partial charge in [0.25, 0.3) is 0 Å². The highest BCUT2D eigenvalue weighted by Crippen LogP contribution is 2.08. The van der Waals surface area contributed by atoms with Gasteiger partial charge in [0.2, 0.25) is 0 Å². The number of rotatable bonds is 8. The minimum Gasteiger partial charge on any atom is -0.299 e. The highest BCUT2D eigenvalue weighted by Gasteiger charge is 2.07. The van der Waals surface area contributed by atoms with E-state index in [9.17, 15) is 4.79 Å². The zero-order valence-electron chi connectivity index (χ0n) is 12.7. The number of benzene rings is 2. The van der Waals surface area contributed by atoms with Crippen LogP contribution in [0.5, 0.6) is 0 Å². The predicted molar refractivity (Wildman–Crippen MR) is 87.4 cm³/mol. The van der Waals surface area contributed by atoms with Crippen molar-refractivity contribution in [3.8, 4) is 0 Å². The van der Waals surface area contributed by atoms with E-state index in [1.165, 1.54) is 5.56 Å². The molecule has 2 rings (SSSR count). The Balaban J connectivity index is 1.77. The molecule has 0 heterocycles. The first kappa shape index (κ1) is 15.5. The number of ketones is 1. The van der Waals surface area contributed by atoms with Crippen molar-refractivity contribution in [1.82, 2.24) is 4.90 Å². The lowest BCUT2D eigenvalue weighted by Gasteiger charge is -2.20. The molecule has 0 atom stereocenters. The quantitative estimate of drug-likeness (QED) is 0.677. The maximum Gasteiger partial charge on any atom is 0.162 e. The smallest absolute Gasteiger partial charge is 0.162 e. The SMILES string of the molecule is CCN(CCCC(=O)c1ccccc1)Cc1ccccc1. The van der Waals surface area contributed by atoms with Gasteiger partial charge in [-0.1, -0.05) is 67.6 Å². The molecule has 0 bridgehead atoms. The molecule has 2 nitrogen and oxygen atoms in total. The van der Waals surface area contributed by atoms with Gasteiger partial charge in [0.15, 0.2) is 5.78 Å². The van der Waals surface area contributed by atoms with Crippen LogP contribution in [0.15, 0.2) is 60.7 Å². The second-order valence-corrected chi connectivity index (χ2v) is 5.25. The zero-order chi connectivity index (χ0) is 14.9. The van der Waals surface area contributed by atoms with Gasteiger partial charge >= 0.3 is 0 Å². The van der Waals surface area contributed by atoms with Crippen molar-refractivity contribution in [2.75, 3.05) is 13.1 Å². The molecule has 0 spiro atoms. The summed E-state index contributed by atoms with van der Waals surface area (Å²) in [6.45, 7) is 5.09. The Bertz CT molecular complexity index is 536. The molecule has 0 aliphatic heterocycles. The Labute approximate surface area is 127 Å². The molecule has 0 N–H and O–H groups in total. The lowest BCUT2D eigenvalue weighted by molar-refractivity contribution is 0.0974. The summed E-state index contributed by atoms with van der Waals surface area (Å²) in [6.07, 6.45) is 1.53. The summed E-state index contributed by atoms with van der Waals surface area (Å²) < 4.78 is 0. The van der Waals surface area contributed by atoms with Gasteiger partial charge in [-0.25, -0.2) is 0 Å². The standard InChI is InChI=1S/C19H23NO/c1-2-20(16-17-10-5-3-6-11-17)15-9-14-19(21)18-12-7-4-8-13-18/h3-8,10-13H,2,9,14-16H2,1H3. The summed E-state index contributed by atoms with van der Waals surface area (Å²) in [4.78, 5) is 14.4. The van der Waals surface area contributed by atoms with Gasteiger partial charge in [-0.3, -0.25) is 9.69 Å². The molecular weight excluding hydrogens is 258 g/mol. The van der Waals surface area contributed by atoms with Crippen molar-refractivity contribution >= 4 is 5.78 Å². The molecular formula is C19H23NO. The third kappa shape index (κ3) is 5.16. The third-order valence-electron chi connectivity index (χ3n) is 3.67. The van der Waals surface area contributed by atoms with Crippen LogP contribution in [0, 0.1) is 0 Å². The van der Waals surface area contributed by atoms with E-state index in [4.69, 9.17) is 0 Å². The van der Waals surface area contributed by atoms with Crippen LogP contribution in [0.2, 0.25) is 0 Å². The monoisotopic (exact) mass is 281 g/mol. The van der Waals surface area contributed by atoms with Crippen molar-refractivity contribution in [3.05, 3.63) is 71.8 Å². The fourth-order valence-electron chi connectivity index (χ4n) is 2.42. The zero-order valence-corrected chi connectivity index (χ0v) is 12.7. The minimum absolute atomic E-state index is 0.242. The van der Waals surface area contributed by atoms with E-state index in [1.807, 2.05) is 36.4 Å². The summed E-state index contributed by atoms with van der Waals surface area (Å²) in [5, 5.41) is 0. The second kappa shape index (κ2) is 8.38. The van der Waals surface area contributed by atoms with Gasteiger partial charge < -0.3 is 0 Å². The summed E-state index contributed by atoms with van der Waals surface area (Å²) in [5.74, 6) is 0.242. The normalized spacial score (nSPS) is 10.8. The Morgan fingerprint density at radius 2 is 1.57 bits per heavy atom. The third-order valence-corrected chi connectivity index (χ3v) is 3.67. The number of hydrogen-bond donors (Lipinski definition) is 0. The Hall–Kier alpha value is -1.93. The van der Waals surface area contributed by atoms with Crippen LogP contribution in [0.25, 0.3) is 0 Å². The highest BCUT2D eigenvalue weighted by atomic mass is 16.1. The highest BCUT2D eigenvalue weighted by molar-refractivity contribution is 5.95. The number of nitrogens with zero attached hydrogens (tertiary/aromatic N) is 1. The molecule has 0 unspecified atom stereocenters. The van der Waals surface area contributed by atoms with Crippen molar-refractivity contribution in [2.45, 2.75) is 26.3 Å². The largest absolute Gasteiger partial charge is 0.299 e. The van der Waals surface area contributed by atoms with E-state index in [1.54, 1.807) is 0 Å². The molecule has 2 aromatic rings. The first-order chi connectivity index (χ1) is 10.3. The van der Waals surface area contributed by atoms with E-state index < -0.39 is 0 Å². The summed E-state index contributed by atoms with van der Waals surface area (Å²) in [5.41, 5.74) is 2.15. The average Bonchev–Trinajstić information content (AvgIpc) is 2.55. The van der Waals surface area contributed by atoms with Gasteiger partial charge in [0.1, 0.15) is 0 Å². The summed E-state index contributed by atoms with van der Waals surface area (Å²) in [6, 6.07) is 20.0. The fourth-order valence-corrected chi connectivity index (χ4v) is 2.42. The van der Waals surface area contributed by atoms with Gasteiger partial charge in [-0.05, 0) is 25.1 Å². The first-order valence-electron chi connectivity index (χ1n) is 7.64. The van der Waals surface area contributed by atoms with Gasteiger partial charge in [0, 0.05) is 18.5 Å². The molecule has 0 fully saturated rings.